The molecule has 0 aromatic heterocycles. The Balaban J connectivity index is 1.76. The Kier molecular flexibility index (Phi) is 3.67. The van der Waals surface area contributed by atoms with Crippen molar-refractivity contribution in [3.63, 3.8) is 0 Å². The van der Waals surface area contributed by atoms with E-state index in [4.69, 9.17) is 0 Å². The van der Waals surface area contributed by atoms with Gasteiger partial charge in [0.25, 0.3) is 5.91 Å². The van der Waals surface area contributed by atoms with E-state index >= 15 is 0 Å². The van der Waals surface area contributed by atoms with E-state index in [0.717, 1.165) is 30.1 Å². The lowest BCUT2D eigenvalue weighted by atomic mass is 10.1. The van der Waals surface area contributed by atoms with Crippen molar-refractivity contribution in [1.29, 1.82) is 0 Å². The smallest absolute Gasteiger partial charge is 0.251 e. The van der Waals surface area contributed by atoms with Gasteiger partial charge in [0.2, 0.25) is 5.91 Å². The Hall–Kier alpha value is -1.53. The number of nitrogens with one attached hydrogen (secondary N) is 3. The van der Waals surface area contributed by atoms with E-state index in [9.17, 15) is 9.59 Å². The highest BCUT2D eigenvalue weighted by molar-refractivity contribution is 8.00. The third kappa shape index (κ3) is 2.66. The van der Waals surface area contributed by atoms with Gasteiger partial charge in [0.15, 0.2) is 0 Å². The van der Waals surface area contributed by atoms with E-state index in [-0.39, 0.29) is 23.1 Å². The summed E-state index contributed by atoms with van der Waals surface area (Å²) in [6.45, 7) is 3.64. The van der Waals surface area contributed by atoms with E-state index in [0.29, 0.717) is 5.56 Å². The first kappa shape index (κ1) is 13.5. The number of fused-ring (bicyclic) bond motifs is 1. The summed E-state index contributed by atoms with van der Waals surface area (Å²) >= 11 is 1.52. The number of rotatable bonds is 2. The summed E-state index contributed by atoms with van der Waals surface area (Å²) in [5.74, 6) is -0.0978. The first-order chi connectivity index (χ1) is 9.63. The topological polar surface area (TPSA) is 70.2 Å². The van der Waals surface area contributed by atoms with Crippen molar-refractivity contribution < 1.29 is 9.59 Å². The lowest BCUT2D eigenvalue weighted by molar-refractivity contribution is -0.115. The molecule has 106 valence electrons. The summed E-state index contributed by atoms with van der Waals surface area (Å²) in [6, 6.07) is 5.66. The summed E-state index contributed by atoms with van der Waals surface area (Å²) in [4.78, 5) is 24.9. The highest BCUT2D eigenvalue weighted by Crippen LogP contribution is 2.35. The van der Waals surface area contributed by atoms with Gasteiger partial charge in [-0.2, -0.15) is 0 Å². The van der Waals surface area contributed by atoms with Crippen LogP contribution in [0, 0.1) is 0 Å². The molecule has 2 heterocycles. The molecule has 2 atom stereocenters. The predicted octanol–water partition coefficient (Wildman–Crippen LogP) is 1.21. The van der Waals surface area contributed by atoms with Crippen molar-refractivity contribution in [2.24, 2.45) is 0 Å². The highest BCUT2D eigenvalue weighted by Gasteiger charge is 2.24. The molecule has 2 aliphatic rings. The summed E-state index contributed by atoms with van der Waals surface area (Å²) in [6.07, 6.45) is 0.959. The second-order valence-electron chi connectivity index (χ2n) is 5.12. The predicted molar refractivity (Wildman–Crippen MR) is 79.1 cm³/mol. The molecule has 0 saturated carbocycles. The van der Waals surface area contributed by atoms with E-state index in [1.54, 1.807) is 6.07 Å². The van der Waals surface area contributed by atoms with E-state index < -0.39 is 0 Å². The maximum atomic E-state index is 12.2. The SMILES string of the molecule is CC1Sc2ccc(C(=O)NC3CCNC3)cc2NC1=O. The third-order valence-corrected chi connectivity index (χ3v) is 4.75. The zero-order chi connectivity index (χ0) is 14.1. The zero-order valence-electron chi connectivity index (χ0n) is 11.2. The summed E-state index contributed by atoms with van der Waals surface area (Å²) in [5.41, 5.74) is 1.32. The fraction of sp³-hybridized carbons (Fsp3) is 0.429. The van der Waals surface area contributed by atoms with Crippen LogP contribution in [-0.4, -0.2) is 36.2 Å². The molecule has 6 heteroatoms. The molecule has 1 aromatic carbocycles. The van der Waals surface area contributed by atoms with Crippen LogP contribution in [-0.2, 0) is 4.79 Å². The molecule has 0 spiro atoms. The first-order valence-electron chi connectivity index (χ1n) is 6.76. The normalized spacial score (nSPS) is 24.9. The standard InChI is InChI=1S/C14H17N3O2S/c1-8-13(18)17-11-6-9(2-3-12(11)20-8)14(19)16-10-4-5-15-7-10/h2-3,6,8,10,15H,4-5,7H2,1H3,(H,16,19)(H,17,18). The van der Waals surface area contributed by atoms with E-state index in [2.05, 4.69) is 16.0 Å². The van der Waals surface area contributed by atoms with E-state index in [1.807, 2.05) is 19.1 Å². The fourth-order valence-corrected chi connectivity index (χ4v) is 3.33. The molecule has 2 unspecified atom stereocenters. The average Bonchev–Trinajstić information content (AvgIpc) is 2.92. The van der Waals surface area contributed by atoms with Gasteiger partial charge in [-0.1, -0.05) is 0 Å². The van der Waals surface area contributed by atoms with Crippen LogP contribution in [0.25, 0.3) is 0 Å². The summed E-state index contributed by atoms with van der Waals surface area (Å²) in [7, 11) is 0. The lowest BCUT2D eigenvalue weighted by Gasteiger charge is -2.22. The number of thioether (sulfide) groups is 1. The minimum absolute atomic E-state index is 0.0138. The van der Waals surface area contributed by atoms with Crippen molar-refractivity contribution in [2.45, 2.75) is 29.5 Å². The molecule has 0 bridgehead atoms. The van der Waals surface area contributed by atoms with Crippen LogP contribution >= 0.6 is 11.8 Å². The maximum absolute atomic E-state index is 12.2. The zero-order valence-corrected chi connectivity index (χ0v) is 12.0. The van der Waals surface area contributed by atoms with E-state index in [1.165, 1.54) is 11.8 Å². The molecule has 2 aliphatic heterocycles. The minimum atomic E-state index is -0.0910. The van der Waals surface area contributed by atoms with Gasteiger partial charge in [-0.3, -0.25) is 9.59 Å². The van der Waals surface area contributed by atoms with Crippen LogP contribution in [0.5, 0.6) is 0 Å². The Morgan fingerprint density at radius 2 is 2.30 bits per heavy atom. The first-order valence-corrected chi connectivity index (χ1v) is 7.64. The maximum Gasteiger partial charge on any atom is 0.251 e. The van der Waals surface area contributed by atoms with Crippen LogP contribution in [0.4, 0.5) is 5.69 Å². The Morgan fingerprint density at radius 3 is 3.05 bits per heavy atom. The van der Waals surface area contributed by atoms with Crippen molar-refractivity contribution in [3.05, 3.63) is 23.8 Å². The lowest BCUT2D eigenvalue weighted by Crippen LogP contribution is -2.36. The highest BCUT2D eigenvalue weighted by atomic mass is 32.2. The molecule has 20 heavy (non-hydrogen) atoms. The van der Waals surface area contributed by atoms with Crippen LogP contribution in [0.3, 0.4) is 0 Å². The van der Waals surface area contributed by atoms with Crippen molar-refractivity contribution >= 4 is 29.3 Å². The van der Waals surface area contributed by atoms with Gasteiger partial charge in [-0.05, 0) is 38.1 Å². The van der Waals surface area contributed by atoms with Crippen LogP contribution in [0.15, 0.2) is 23.1 Å². The molecular weight excluding hydrogens is 274 g/mol. The molecule has 0 aliphatic carbocycles. The van der Waals surface area contributed by atoms with Crippen LogP contribution in [0.1, 0.15) is 23.7 Å². The van der Waals surface area contributed by atoms with Gasteiger partial charge in [-0.25, -0.2) is 0 Å². The largest absolute Gasteiger partial charge is 0.348 e. The molecular formula is C14H17N3O2S. The molecule has 0 radical (unpaired) electrons. The minimum Gasteiger partial charge on any atom is -0.348 e. The van der Waals surface area contributed by atoms with Gasteiger partial charge >= 0.3 is 0 Å². The Labute approximate surface area is 121 Å². The molecule has 3 rings (SSSR count). The molecule has 1 saturated heterocycles. The second-order valence-corrected chi connectivity index (χ2v) is 6.51. The molecule has 3 N–H and O–H groups in total. The Bertz CT molecular complexity index is 555. The van der Waals surface area contributed by atoms with Gasteiger partial charge in [0.05, 0.1) is 10.9 Å². The molecule has 1 fully saturated rings. The van der Waals surface area contributed by atoms with Gasteiger partial charge < -0.3 is 16.0 Å². The van der Waals surface area contributed by atoms with Crippen LogP contribution < -0.4 is 16.0 Å². The number of hydrogen-bond acceptors (Lipinski definition) is 4. The van der Waals surface area contributed by atoms with Crippen molar-refractivity contribution in [3.8, 4) is 0 Å². The molecule has 2 amide bonds. The number of carbonyl (C=O) groups excluding carboxylic acids is 2. The summed E-state index contributed by atoms with van der Waals surface area (Å²) < 4.78 is 0. The van der Waals surface area contributed by atoms with Gasteiger partial charge in [0.1, 0.15) is 0 Å². The van der Waals surface area contributed by atoms with Gasteiger partial charge in [-0.15, -0.1) is 11.8 Å². The van der Waals surface area contributed by atoms with Gasteiger partial charge in [0, 0.05) is 23.0 Å². The summed E-state index contributed by atoms with van der Waals surface area (Å²) in [5, 5.41) is 8.97. The number of hydrogen-bond donors (Lipinski definition) is 3. The third-order valence-electron chi connectivity index (χ3n) is 3.57. The monoisotopic (exact) mass is 291 g/mol. The van der Waals surface area contributed by atoms with Crippen molar-refractivity contribution in [2.75, 3.05) is 18.4 Å². The number of amides is 2. The average molecular weight is 291 g/mol. The number of anilines is 1. The Morgan fingerprint density at radius 1 is 1.45 bits per heavy atom. The molecule has 1 aromatic rings. The second kappa shape index (κ2) is 5.46. The van der Waals surface area contributed by atoms with Crippen molar-refractivity contribution in [1.82, 2.24) is 10.6 Å². The quantitative estimate of drug-likeness (QED) is 0.766. The fourth-order valence-electron chi connectivity index (χ4n) is 2.40. The number of carbonyl (C=O) groups is 2. The number of benzene rings is 1. The van der Waals surface area contributed by atoms with Crippen LogP contribution in [0.2, 0.25) is 0 Å². The molecule has 5 nitrogen and oxygen atoms in total.